The van der Waals surface area contributed by atoms with Crippen LogP contribution >= 0.6 is 0 Å². The fourth-order valence-corrected chi connectivity index (χ4v) is 4.51. The second kappa shape index (κ2) is 8.18. The van der Waals surface area contributed by atoms with Crippen molar-refractivity contribution in [3.8, 4) is 5.69 Å². The molecule has 1 fully saturated rings. The van der Waals surface area contributed by atoms with E-state index in [1.54, 1.807) is 64.7 Å². The van der Waals surface area contributed by atoms with Crippen molar-refractivity contribution < 1.29 is 9.59 Å². The second-order valence-corrected chi connectivity index (χ2v) is 8.33. The number of nitrogens with two attached hydrogens (primary N) is 1. The Morgan fingerprint density at radius 3 is 2.65 bits per heavy atom. The highest BCUT2D eigenvalue weighted by Crippen LogP contribution is 2.24. The highest BCUT2D eigenvalue weighted by molar-refractivity contribution is 5.95. The number of imidazole rings is 1. The van der Waals surface area contributed by atoms with Crippen LogP contribution in [0.5, 0.6) is 0 Å². The molecule has 11 heteroatoms. The summed E-state index contributed by atoms with van der Waals surface area (Å²) in [6.07, 6.45) is 3.65. The number of carbonyl (C=O) groups excluding carboxylic acids is 2. The molecule has 174 valence electrons. The van der Waals surface area contributed by atoms with E-state index in [4.69, 9.17) is 5.73 Å². The first-order valence-corrected chi connectivity index (χ1v) is 10.9. The molecule has 0 aliphatic carbocycles. The zero-order valence-electron chi connectivity index (χ0n) is 18.8. The van der Waals surface area contributed by atoms with E-state index in [0.29, 0.717) is 35.8 Å². The number of hydrogen-bond acceptors (Lipinski definition) is 6. The van der Waals surface area contributed by atoms with Crippen LogP contribution in [0.1, 0.15) is 22.5 Å². The van der Waals surface area contributed by atoms with E-state index >= 15 is 0 Å². The van der Waals surface area contributed by atoms with E-state index in [1.165, 1.54) is 4.68 Å². The van der Waals surface area contributed by atoms with E-state index in [0.717, 1.165) is 0 Å². The number of nitrogens with one attached hydrogen (secondary N) is 1. The van der Waals surface area contributed by atoms with Crippen LogP contribution in [0.4, 0.5) is 5.82 Å². The Morgan fingerprint density at radius 2 is 1.91 bits per heavy atom. The summed E-state index contributed by atoms with van der Waals surface area (Å²) < 4.78 is 4.73. The molecule has 1 aliphatic heterocycles. The van der Waals surface area contributed by atoms with Crippen molar-refractivity contribution in [1.29, 1.82) is 0 Å². The maximum Gasteiger partial charge on any atom is 0.284 e. The number of hydrogen-bond donors (Lipinski definition) is 2. The van der Waals surface area contributed by atoms with Crippen molar-refractivity contribution in [3.05, 3.63) is 76.5 Å². The number of para-hydroxylation sites is 1. The molecule has 0 bridgehead atoms. The molecule has 1 aliphatic rings. The lowest BCUT2D eigenvalue weighted by Crippen LogP contribution is -2.41. The topological polar surface area (TPSA) is 133 Å². The number of nitrogens with zero attached hydrogens (tertiary/aromatic N) is 6. The number of primary amides is 1. The van der Waals surface area contributed by atoms with Crippen LogP contribution in [0, 0.1) is 6.92 Å². The van der Waals surface area contributed by atoms with Gasteiger partial charge in [-0.2, -0.15) is 0 Å². The Morgan fingerprint density at radius 1 is 1.15 bits per heavy atom. The summed E-state index contributed by atoms with van der Waals surface area (Å²) in [6.45, 7) is 2.05. The number of carbonyl (C=O) groups is 2. The molecule has 4 heterocycles. The fourth-order valence-electron chi connectivity index (χ4n) is 4.51. The number of anilines is 1. The maximum atomic E-state index is 13.2. The van der Waals surface area contributed by atoms with Crippen molar-refractivity contribution in [2.24, 2.45) is 12.8 Å². The monoisotopic (exact) mass is 460 g/mol. The number of aromatic nitrogens is 5. The average Bonchev–Trinajstić information content (AvgIpc) is 3.51. The predicted octanol–water partition coefficient (Wildman–Crippen LogP) is 0.390. The van der Waals surface area contributed by atoms with Crippen LogP contribution in [-0.2, 0) is 11.8 Å². The van der Waals surface area contributed by atoms with Gasteiger partial charge in [0.1, 0.15) is 17.4 Å². The molecule has 34 heavy (non-hydrogen) atoms. The smallest absolute Gasteiger partial charge is 0.284 e. The highest BCUT2D eigenvalue weighted by atomic mass is 16.2. The number of fused-ring (bicyclic) bond motifs is 1. The molecular weight excluding hydrogens is 436 g/mol. The van der Waals surface area contributed by atoms with E-state index in [9.17, 15) is 14.4 Å². The molecule has 2 amide bonds. The Labute approximate surface area is 194 Å². The molecule has 3 aromatic heterocycles. The van der Waals surface area contributed by atoms with Gasteiger partial charge < -0.3 is 16.0 Å². The first kappa shape index (κ1) is 21.4. The molecule has 5 rings (SSSR count). The van der Waals surface area contributed by atoms with Crippen LogP contribution in [0.2, 0.25) is 0 Å². The Balaban J connectivity index is 1.41. The quantitative estimate of drug-likeness (QED) is 0.443. The third-order valence-corrected chi connectivity index (χ3v) is 6.28. The van der Waals surface area contributed by atoms with Crippen LogP contribution < -0.4 is 21.5 Å². The van der Waals surface area contributed by atoms with Crippen LogP contribution in [0.15, 0.2) is 59.7 Å². The van der Waals surface area contributed by atoms with E-state index in [-0.39, 0.29) is 5.56 Å². The summed E-state index contributed by atoms with van der Waals surface area (Å²) in [6, 6.07) is 11.7. The summed E-state index contributed by atoms with van der Waals surface area (Å²) >= 11 is 0. The SMILES string of the molecule is Cc1c(C(=O)N[C@H]2C[C@H](C(N)=O)N(c3ccc4nccn4n3)C2)c(=O)n(-c2ccccc2)n1C. The van der Waals surface area contributed by atoms with E-state index < -0.39 is 29.5 Å². The largest absolute Gasteiger partial charge is 0.368 e. The van der Waals surface area contributed by atoms with Gasteiger partial charge in [-0.25, -0.2) is 14.2 Å². The van der Waals surface area contributed by atoms with Crippen molar-refractivity contribution in [3.63, 3.8) is 0 Å². The van der Waals surface area contributed by atoms with Gasteiger partial charge in [0.2, 0.25) is 5.91 Å². The summed E-state index contributed by atoms with van der Waals surface area (Å²) in [7, 11) is 1.73. The minimum Gasteiger partial charge on any atom is -0.368 e. The Bertz CT molecular complexity index is 1450. The lowest BCUT2D eigenvalue weighted by molar-refractivity contribution is -0.119. The highest BCUT2D eigenvalue weighted by Gasteiger charge is 2.38. The normalized spacial score (nSPS) is 17.9. The second-order valence-electron chi connectivity index (χ2n) is 8.33. The molecule has 0 radical (unpaired) electrons. The molecule has 2 atom stereocenters. The lowest BCUT2D eigenvalue weighted by atomic mass is 10.1. The predicted molar refractivity (Wildman–Crippen MR) is 125 cm³/mol. The summed E-state index contributed by atoms with van der Waals surface area (Å²) in [5.74, 6) is -0.444. The van der Waals surface area contributed by atoms with Crippen LogP contribution in [0.25, 0.3) is 11.3 Å². The molecule has 4 aromatic rings. The van der Waals surface area contributed by atoms with Crippen molar-refractivity contribution >= 4 is 23.3 Å². The van der Waals surface area contributed by atoms with Gasteiger partial charge in [0.05, 0.1) is 11.4 Å². The van der Waals surface area contributed by atoms with Crippen LogP contribution in [-0.4, -0.2) is 54.4 Å². The average molecular weight is 460 g/mol. The van der Waals surface area contributed by atoms with E-state index in [1.807, 2.05) is 18.2 Å². The molecule has 0 unspecified atom stereocenters. The van der Waals surface area contributed by atoms with Gasteiger partial charge in [0, 0.05) is 32.0 Å². The zero-order valence-corrected chi connectivity index (χ0v) is 18.8. The molecule has 0 spiro atoms. The van der Waals surface area contributed by atoms with Gasteiger partial charge in [0.15, 0.2) is 5.65 Å². The molecule has 11 nitrogen and oxygen atoms in total. The number of amides is 2. The van der Waals surface area contributed by atoms with Gasteiger partial charge in [-0.3, -0.25) is 19.1 Å². The Kier molecular flexibility index (Phi) is 5.16. The minimum atomic E-state index is -0.642. The van der Waals surface area contributed by atoms with Crippen molar-refractivity contribution in [2.45, 2.75) is 25.4 Å². The fraction of sp³-hybridized carbons (Fsp3) is 0.261. The third-order valence-electron chi connectivity index (χ3n) is 6.28. The molecule has 1 saturated heterocycles. The maximum absolute atomic E-state index is 13.2. The third kappa shape index (κ3) is 3.51. The minimum absolute atomic E-state index is 0.0680. The molecule has 0 saturated carbocycles. The first-order valence-electron chi connectivity index (χ1n) is 10.9. The number of benzene rings is 1. The lowest BCUT2D eigenvalue weighted by Gasteiger charge is -2.22. The van der Waals surface area contributed by atoms with Gasteiger partial charge >= 0.3 is 0 Å². The first-order chi connectivity index (χ1) is 16.3. The van der Waals surface area contributed by atoms with Crippen molar-refractivity contribution in [1.82, 2.24) is 29.3 Å². The number of rotatable bonds is 5. The molecular formula is C23H24N8O3. The van der Waals surface area contributed by atoms with E-state index in [2.05, 4.69) is 15.4 Å². The summed E-state index contributed by atoms with van der Waals surface area (Å²) in [5.41, 5.74) is 7.21. The van der Waals surface area contributed by atoms with Gasteiger partial charge in [-0.15, -0.1) is 5.10 Å². The van der Waals surface area contributed by atoms with Crippen molar-refractivity contribution in [2.75, 3.05) is 11.4 Å². The van der Waals surface area contributed by atoms with Gasteiger partial charge in [-0.1, -0.05) is 18.2 Å². The van der Waals surface area contributed by atoms with Gasteiger partial charge in [0.25, 0.3) is 11.5 Å². The molecule has 1 aromatic carbocycles. The van der Waals surface area contributed by atoms with Crippen LogP contribution in [0.3, 0.4) is 0 Å². The van der Waals surface area contributed by atoms with Gasteiger partial charge in [-0.05, 0) is 37.6 Å². The zero-order chi connectivity index (χ0) is 24.0. The Hall–Kier alpha value is -4.41. The summed E-state index contributed by atoms with van der Waals surface area (Å²) in [4.78, 5) is 44.5. The molecule has 3 N–H and O–H groups in total. The standard InChI is InChI=1S/C23H24N8O3/c1-14-20(23(34)31(28(14)2)16-6-4-3-5-7-16)22(33)26-15-12-17(21(24)32)29(13-15)19-9-8-18-25-10-11-30(18)27-19/h3-11,15,17H,12-13H2,1-2H3,(H2,24,32)(H,26,33)/t15-,17+/m0/s1. The summed E-state index contributed by atoms with van der Waals surface area (Å²) in [5, 5.41) is 7.42.